The van der Waals surface area contributed by atoms with E-state index in [4.69, 9.17) is 5.73 Å². The molecule has 0 aliphatic rings. The summed E-state index contributed by atoms with van der Waals surface area (Å²) in [7, 11) is 1.75. The Balaban J connectivity index is 3.56. The molecule has 19 heavy (non-hydrogen) atoms. The average molecular weight is 270 g/mol. The van der Waals surface area contributed by atoms with Crippen molar-refractivity contribution in [1.82, 2.24) is 16.0 Å². The van der Waals surface area contributed by atoms with Crippen LogP contribution in [-0.2, 0) is 14.4 Å². The lowest BCUT2D eigenvalue weighted by atomic mass is 10.1. The first kappa shape index (κ1) is 17.5. The predicted octanol–water partition coefficient (Wildman–Crippen LogP) is -1.15. The van der Waals surface area contributed by atoms with Crippen LogP contribution >= 0.6 is 0 Å². The molecule has 1 unspecified atom stereocenters. The molecule has 0 aromatic carbocycles. The van der Waals surface area contributed by atoms with E-state index in [1.165, 1.54) is 0 Å². The number of unbranched alkanes of at least 4 members (excludes halogenated alkanes) is 1. The van der Waals surface area contributed by atoms with Crippen LogP contribution in [0.2, 0.25) is 0 Å². The average Bonchev–Trinajstić information content (AvgIpc) is 2.39. The van der Waals surface area contributed by atoms with Gasteiger partial charge in [-0.3, -0.25) is 14.4 Å². The second kappa shape index (κ2) is 10.5. The van der Waals surface area contributed by atoms with Crippen molar-refractivity contribution in [1.29, 1.82) is 0 Å². The van der Waals surface area contributed by atoms with Gasteiger partial charge in [-0.25, -0.2) is 0 Å². The molecule has 0 fully saturated rings. The molecule has 2 amide bonds. The molecule has 0 saturated heterocycles. The van der Waals surface area contributed by atoms with Crippen molar-refractivity contribution in [2.45, 2.75) is 32.2 Å². The number of Topliss-reactive ketones (excluding diaryl/α,β-unsaturated/α-hetero) is 1. The highest BCUT2D eigenvalue weighted by Gasteiger charge is 2.10. The molecule has 0 heterocycles. The molecule has 5 N–H and O–H groups in total. The van der Waals surface area contributed by atoms with Gasteiger partial charge in [0, 0.05) is 6.54 Å². The van der Waals surface area contributed by atoms with Gasteiger partial charge in [0.2, 0.25) is 11.8 Å². The summed E-state index contributed by atoms with van der Waals surface area (Å²) in [6.45, 7) is 3.90. The first-order chi connectivity index (χ1) is 9.01. The molecular weight excluding hydrogens is 248 g/mol. The zero-order valence-electron chi connectivity index (χ0n) is 11.4. The lowest BCUT2D eigenvalue weighted by Gasteiger charge is -2.12. The molecule has 108 valence electrons. The van der Waals surface area contributed by atoms with Crippen LogP contribution in [0.3, 0.4) is 0 Å². The van der Waals surface area contributed by atoms with E-state index in [0.29, 0.717) is 6.54 Å². The molecule has 2 radical (unpaired) electrons. The van der Waals surface area contributed by atoms with Gasteiger partial charge >= 0.3 is 0 Å². The molecule has 0 saturated carbocycles. The summed E-state index contributed by atoms with van der Waals surface area (Å²) in [6, 6.07) is -0.123. The Bertz CT molecular complexity index is 307. The third-order valence-corrected chi connectivity index (χ3v) is 2.55. The zero-order chi connectivity index (χ0) is 14.7. The molecular formula is C12H22N4O3. The number of carbonyl (C=O) groups is 3. The highest BCUT2D eigenvalue weighted by molar-refractivity contribution is 5.92. The number of carbonyl (C=O) groups excluding carboxylic acids is 3. The van der Waals surface area contributed by atoms with Crippen LogP contribution < -0.4 is 21.7 Å². The van der Waals surface area contributed by atoms with Crippen LogP contribution in [0.1, 0.15) is 26.2 Å². The molecule has 1 atom stereocenters. The van der Waals surface area contributed by atoms with Crippen molar-refractivity contribution in [3.05, 3.63) is 13.1 Å². The van der Waals surface area contributed by atoms with Crippen molar-refractivity contribution in [3.63, 3.8) is 0 Å². The zero-order valence-corrected chi connectivity index (χ0v) is 11.4. The first-order valence-corrected chi connectivity index (χ1v) is 6.15. The Kier molecular flexibility index (Phi) is 9.64. The quantitative estimate of drug-likeness (QED) is 0.374. The minimum Gasteiger partial charge on any atom is -0.354 e. The number of amides is 2. The maximum Gasteiger partial charge on any atom is 0.245 e. The second-order valence-electron chi connectivity index (χ2n) is 4.06. The number of ketones is 1. The van der Waals surface area contributed by atoms with Crippen LogP contribution in [0.5, 0.6) is 0 Å². The highest BCUT2D eigenvalue weighted by Crippen LogP contribution is 2.01. The largest absolute Gasteiger partial charge is 0.354 e. The summed E-state index contributed by atoms with van der Waals surface area (Å²) in [6.07, 6.45) is 2.33. The third kappa shape index (κ3) is 9.15. The maximum absolute atomic E-state index is 11.2. The summed E-state index contributed by atoms with van der Waals surface area (Å²) in [5.41, 5.74) is 4.94. The van der Waals surface area contributed by atoms with Crippen LogP contribution in [0, 0.1) is 13.1 Å². The Morgan fingerprint density at radius 1 is 1.21 bits per heavy atom. The molecule has 0 aliphatic heterocycles. The van der Waals surface area contributed by atoms with E-state index in [9.17, 15) is 14.4 Å². The smallest absolute Gasteiger partial charge is 0.245 e. The first-order valence-electron chi connectivity index (χ1n) is 6.15. The minimum atomic E-state index is -0.534. The fourth-order valence-electron chi connectivity index (χ4n) is 1.47. The molecule has 0 bridgehead atoms. The Labute approximate surface area is 113 Å². The second-order valence-corrected chi connectivity index (χ2v) is 4.06. The number of nitrogens with two attached hydrogens (primary N) is 1. The Hall–Kier alpha value is -1.47. The van der Waals surface area contributed by atoms with E-state index in [2.05, 4.69) is 16.0 Å². The number of nitrogens with one attached hydrogen (secondary N) is 3. The van der Waals surface area contributed by atoms with E-state index in [-0.39, 0.29) is 17.7 Å². The van der Waals surface area contributed by atoms with E-state index >= 15 is 0 Å². The monoisotopic (exact) mass is 270 g/mol. The molecule has 7 heteroatoms. The van der Waals surface area contributed by atoms with Crippen molar-refractivity contribution in [3.8, 4) is 0 Å². The van der Waals surface area contributed by atoms with E-state index in [1.807, 2.05) is 0 Å². The molecule has 7 nitrogen and oxygen atoms in total. The van der Waals surface area contributed by atoms with Gasteiger partial charge in [-0.15, -0.1) is 0 Å². The Morgan fingerprint density at radius 3 is 2.42 bits per heavy atom. The van der Waals surface area contributed by atoms with Crippen molar-refractivity contribution in [2.24, 2.45) is 5.73 Å². The van der Waals surface area contributed by atoms with Crippen LogP contribution in [0.4, 0.5) is 0 Å². The summed E-state index contributed by atoms with van der Waals surface area (Å²) in [5, 5.41) is 7.75. The molecule has 0 aromatic heterocycles. The molecule has 0 spiro atoms. The summed E-state index contributed by atoms with van der Waals surface area (Å²) in [5.74, 6) is -0.805. The SMILES string of the molecule is CNC(CCCCNC(=O)[CH]NC(=O)[CH]N)C(C)=O. The van der Waals surface area contributed by atoms with Crippen LogP contribution in [0.25, 0.3) is 0 Å². The van der Waals surface area contributed by atoms with Gasteiger partial charge in [0.25, 0.3) is 0 Å². The van der Waals surface area contributed by atoms with Crippen molar-refractivity contribution >= 4 is 17.6 Å². The normalized spacial score (nSPS) is 11.7. The van der Waals surface area contributed by atoms with Gasteiger partial charge in [-0.05, 0) is 33.2 Å². The Morgan fingerprint density at radius 2 is 1.89 bits per heavy atom. The number of hydrogen-bond acceptors (Lipinski definition) is 5. The summed E-state index contributed by atoms with van der Waals surface area (Å²) >= 11 is 0. The standard InChI is InChI=1S/C12H22N4O3/c1-9(17)10(14-2)5-3-4-6-15-12(19)8-16-11(18)7-13/h7-8,10,14H,3-6,13H2,1-2H3,(H,15,19)(H,16,18). The maximum atomic E-state index is 11.2. The lowest BCUT2D eigenvalue weighted by Crippen LogP contribution is -2.34. The minimum absolute atomic E-state index is 0.112. The van der Waals surface area contributed by atoms with E-state index < -0.39 is 5.91 Å². The fraction of sp³-hybridized carbons (Fsp3) is 0.583. The summed E-state index contributed by atoms with van der Waals surface area (Å²) < 4.78 is 0. The van der Waals surface area contributed by atoms with Gasteiger partial charge in [-0.1, -0.05) is 0 Å². The lowest BCUT2D eigenvalue weighted by molar-refractivity contribution is -0.122. The molecule has 0 aromatic rings. The van der Waals surface area contributed by atoms with Crippen molar-refractivity contribution < 1.29 is 14.4 Å². The van der Waals surface area contributed by atoms with Gasteiger partial charge in [-0.2, -0.15) is 0 Å². The summed E-state index contributed by atoms with van der Waals surface area (Å²) in [4.78, 5) is 33.1. The molecule has 0 rings (SSSR count). The van der Waals surface area contributed by atoms with Crippen LogP contribution in [0.15, 0.2) is 0 Å². The third-order valence-electron chi connectivity index (χ3n) is 2.55. The highest BCUT2D eigenvalue weighted by atomic mass is 16.2. The number of rotatable bonds is 10. The van der Waals surface area contributed by atoms with Crippen LogP contribution in [-0.4, -0.2) is 37.2 Å². The fourth-order valence-corrected chi connectivity index (χ4v) is 1.47. The van der Waals surface area contributed by atoms with Gasteiger partial charge < -0.3 is 21.7 Å². The number of likely N-dealkylation sites (N-methyl/N-ethyl adjacent to an activating group) is 1. The van der Waals surface area contributed by atoms with Gasteiger partial charge in [0.15, 0.2) is 0 Å². The van der Waals surface area contributed by atoms with Gasteiger partial charge in [0.1, 0.15) is 18.9 Å². The van der Waals surface area contributed by atoms with Crippen molar-refractivity contribution in [2.75, 3.05) is 13.6 Å². The van der Waals surface area contributed by atoms with E-state index in [1.54, 1.807) is 14.0 Å². The number of hydrogen-bond donors (Lipinski definition) is 4. The predicted molar refractivity (Wildman–Crippen MR) is 71.3 cm³/mol. The van der Waals surface area contributed by atoms with Gasteiger partial charge in [0.05, 0.1) is 6.04 Å². The topological polar surface area (TPSA) is 113 Å². The van der Waals surface area contributed by atoms with E-state index in [0.717, 1.165) is 32.4 Å². The molecule has 0 aliphatic carbocycles.